The summed E-state index contributed by atoms with van der Waals surface area (Å²) in [7, 11) is 0. The Morgan fingerprint density at radius 1 is 0.875 bits per heavy atom. The van der Waals surface area contributed by atoms with Crippen LogP contribution >= 0.6 is 0 Å². The van der Waals surface area contributed by atoms with Crippen molar-refractivity contribution in [1.82, 2.24) is 4.57 Å². The highest BCUT2D eigenvalue weighted by Gasteiger charge is 2.21. The van der Waals surface area contributed by atoms with E-state index in [1.54, 1.807) is 0 Å². The molecule has 1 aliphatic rings. The van der Waals surface area contributed by atoms with Gasteiger partial charge in [-0.2, -0.15) is 0 Å². The lowest BCUT2D eigenvalue weighted by Crippen LogP contribution is -2.24. The zero-order chi connectivity index (χ0) is 28.0. The smallest absolute Gasteiger partial charge is 0.0574 e. The molecule has 0 amide bonds. The maximum atomic E-state index is 4.64. The molecule has 0 radical (unpaired) electrons. The second kappa shape index (κ2) is 10.1. The fourth-order valence-electron chi connectivity index (χ4n) is 6.03. The summed E-state index contributed by atoms with van der Waals surface area (Å²) in [5, 5.41) is 5.07. The quantitative estimate of drug-likeness (QED) is 0.217. The molecule has 2 heterocycles. The van der Waals surface area contributed by atoms with Crippen molar-refractivity contribution in [2.24, 2.45) is 0 Å². The van der Waals surface area contributed by atoms with Gasteiger partial charge in [0.25, 0.3) is 0 Å². The number of hydrogen-bond donors (Lipinski definition) is 0. The SMILES string of the molecule is C=C1/C=c2/cccc/c2=C/Cn2c3cc(C)c(/C=C\CC)cc3c3cc(-c4cccc(C(C)(C)CC)c4)cc1c32. The molecule has 0 aliphatic carbocycles. The molecule has 0 bridgehead atoms. The zero-order valence-corrected chi connectivity index (χ0v) is 24.5. The molecule has 5 aromatic rings. The third-order valence-corrected chi connectivity index (χ3v) is 8.91. The van der Waals surface area contributed by atoms with Crippen LogP contribution < -0.4 is 10.4 Å². The van der Waals surface area contributed by atoms with Crippen LogP contribution in [0.4, 0.5) is 0 Å². The van der Waals surface area contributed by atoms with Crippen molar-refractivity contribution in [2.75, 3.05) is 0 Å². The lowest BCUT2D eigenvalue weighted by Gasteiger charge is -2.24. The van der Waals surface area contributed by atoms with Gasteiger partial charge in [0.15, 0.2) is 0 Å². The van der Waals surface area contributed by atoms with Crippen molar-refractivity contribution in [2.45, 2.75) is 59.4 Å². The molecule has 4 aromatic carbocycles. The zero-order valence-electron chi connectivity index (χ0n) is 24.5. The Balaban J connectivity index is 1.71. The summed E-state index contributed by atoms with van der Waals surface area (Å²) in [6.45, 7) is 16.8. The van der Waals surface area contributed by atoms with E-state index in [-0.39, 0.29) is 5.41 Å². The van der Waals surface area contributed by atoms with Gasteiger partial charge < -0.3 is 4.57 Å². The van der Waals surface area contributed by atoms with E-state index in [4.69, 9.17) is 0 Å². The number of aryl methyl sites for hydroxylation is 1. The van der Waals surface area contributed by atoms with Crippen LogP contribution in [0.1, 0.15) is 62.8 Å². The third kappa shape index (κ3) is 4.44. The van der Waals surface area contributed by atoms with Gasteiger partial charge in [-0.1, -0.05) is 101 Å². The maximum Gasteiger partial charge on any atom is 0.0574 e. The number of benzene rings is 4. The van der Waals surface area contributed by atoms with Crippen molar-refractivity contribution in [3.8, 4) is 11.1 Å². The Hall–Kier alpha value is -4.10. The van der Waals surface area contributed by atoms with Gasteiger partial charge in [-0.25, -0.2) is 0 Å². The number of rotatable bonds is 5. The Morgan fingerprint density at radius 3 is 2.45 bits per heavy atom. The fourth-order valence-corrected chi connectivity index (χ4v) is 6.03. The van der Waals surface area contributed by atoms with Gasteiger partial charge in [0.2, 0.25) is 0 Å². The lowest BCUT2D eigenvalue weighted by atomic mass is 9.81. The first-order valence-corrected chi connectivity index (χ1v) is 14.6. The van der Waals surface area contributed by atoms with Crippen LogP contribution in [-0.2, 0) is 12.0 Å². The second-order valence-corrected chi connectivity index (χ2v) is 11.9. The molecular formula is C39H39N. The monoisotopic (exact) mass is 521 g/mol. The summed E-state index contributed by atoms with van der Waals surface area (Å²) in [5.74, 6) is 0. The van der Waals surface area contributed by atoms with Crippen molar-refractivity contribution < 1.29 is 0 Å². The molecule has 1 aliphatic heterocycles. The standard InChI is InChI=1S/C39H39N/c1-7-9-13-29-23-35-36-25-32(31-16-12-17-33(22-31)39(5,6)8-2)24-34-27(4)20-30-15-11-10-14-28(30)18-19-40(38(34)36)37(35)21-26(29)3/h9-18,20-25H,4,7-8,19H2,1-3,5-6H3/b13-9-,28-18-,30-20-. The van der Waals surface area contributed by atoms with Crippen LogP contribution in [0.25, 0.3) is 56.7 Å². The molecule has 0 fully saturated rings. The number of fused-ring (bicyclic) bond motifs is 4. The van der Waals surface area contributed by atoms with Gasteiger partial charge >= 0.3 is 0 Å². The summed E-state index contributed by atoms with van der Waals surface area (Å²) in [5.41, 5.74) is 11.4. The first-order valence-electron chi connectivity index (χ1n) is 14.6. The average Bonchev–Trinajstić information content (AvgIpc) is 3.28. The minimum absolute atomic E-state index is 0.132. The van der Waals surface area contributed by atoms with E-state index in [2.05, 4.69) is 143 Å². The summed E-state index contributed by atoms with van der Waals surface area (Å²) in [6, 6.07) is 27.3. The van der Waals surface area contributed by atoms with Crippen LogP contribution in [0.5, 0.6) is 0 Å². The van der Waals surface area contributed by atoms with Gasteiger partial charge in [0.1, 0.15) is 0 Å². The van der Waals surface area contributed by atoms with E-state index < -0.39 is 0 Å². The highest BCUT2D eigenvalue weighted by molar-refractivity contribution is 6.15. The van der Waals surface area contributed by atoms with Crippen molar-refractivity contribution >= 4 is 45.6 Å². The van der Waals surface area contributed by atoms with E-state index >= 15 is 0 Å². The van der Waals surface area contributed by atoms with Gasteiger partial charge in [0.05, 0.1) is 5.52 Å². The van der Waals surface area contributed by atoms with Crippen LogP contribution in [0.2, 0.25) is 0 Å². The molecule has 0 atom stereocenters. The molecule has 1 nitrogen and oxygen atoms in total. The van der Waals surface area contributed by atoms with E-state index in [9.17, 15) is 0 Å². The minimum Gasteiger partial charge on any atom is -0.336 e. The predicted molar refractivity (Wildman–Crippen MR) is 176 cm³/mol. The molecule has 0 unspecified atom stereocenters. The number of nitrogens with zero attached hydrogens (tertiary/aromatic N) is 1. The summed E-state index contributed by atoms with van der Waals surface area (Å²) >= 11 is 0. The van der Waals surface area contributed by atoms with Gasteiger partial charge in [0, 0.05) is 28.4 Å². The summed E-state index contributed by atoms with van der Waals surface area (Å²) in [4.78, 5) is 0. The van der Waals surface area contributed by atoms with E-state index in [1.165, 1.54) is 65.6 Å². The largest absolute Gasteiger partial charge is 0.336 e. The molecule has 40 heavy (non-hydrogen) atoms. The minimum atomic E-state index is 0.132. The molecule has 0 saturated carbocycles. The molecule has 0 N–H and O–H groups in total. The number of hydrogen-bond acceptors (Lipinski definition) is 0. The van der Waals surface area contributed by atoms with E-state index in [1.807, 2.05) is 0 Å². The predicted octanol–water partition coefficient (Wildman–Crippen LogP) is 9.17. The molecular weight excluding hydrogens is 482 g/mol. The van der Waals surface area contributed by atoms with Crippen LogP contribution in [0, 0.1) is 6.92 Å². The Kier molecular flexibility index (Phi) is 6.62. The summed E-state index contributed by atoms with van der Waals surface area (Å²) in [6.07, 6.45) is 11.3. The molecule has 200 valence electrons. The van der Waals surface area contributed by atoms with E-state index in [0.29, 0.717) is 0 Å². The first-order chi connectivity index (χ1) is 19.3. The molecule has 1 heteroatoms. The first kappa shape index (κ1) is 26.1. The topological polar surface area (TPSA) is 4.93 Å². The van der Waals surface area contributed by atoms with Crippen LogP contribution in [0.3, 0.4) is 0 Å². The van der Waals surface area contributed by atoms with E-state index in [0.717, 1.165) is 25.0 Å². The van der Waals surface area contributed by atoms with Crippen molar-refractivity contribution in [1.29, 1.82) is 0 Å². The van der Waals surface area contributed by atoms with Crippen LogP contribution in [-0.4, -0.2) is 4.57 Å². The second-order valence-electron chi connectivity index (χ2n) is 11.9. The Labute approximate surface area is 238 Å². The third-order valence-electron chi connectivity index (χ3n) is 8.91. The van der Waals surface area contributed by atoms with Gasteiger partial charge in [-0.15, -0.1) is 0 Å². The lowest BCUT2D eigenvalue weighted by molar-refractivity contribution is 0.506. The van der Waals surface area contributed by atoms with Crippen molar-refractivity contribution in [3.05, 3.63) is 118 Å². The fraction of sp³-hybridized carbons (Fsp3) is 0.231. The van der Waals surface area contributed by atoms with Crippen molar-refractivity contribution in [3.63, 3.8) is 0 Å². The summed E-state index contributed by atoms with van der Waals surface area (Å²) < 4.78 is 2.50. The molecule has 0 saturated heterocycles. The van der Waals surface area contributed by atoms with Gasteiger partial charge in [-0.3, -0.25) is 0 Å². The Morgan fingerprint density at radius 2 is 1.68 bits per heavy atom. The normalized spacial score (nSPS) is 15.3. The number of allylic oxidation sites excluding steroid dienone is 2. The maximum absolute atomic E-state index is 4.64. The Bertz CT molecular complexity index is 1940. The van der Waals surface area contributed by atoms with Crippen LogP contribution in [0.15, 0.2) is 85.5 Å². The van der Waals surface area contributed by atoms with Gasteiger partial charge in [-0.05, 0) is 99.3 Å². The molecule has 6 rings (SSSR count). The number of aromatic nitrogens is 1. The molecule has 1 aromatic heterocycles. The average molecular weight is 522 g/mol. The molecule has 0 spiro atoms. The highest BCUT2D eigenvalue weighted by atomic mass is 15.0. The highest BCUT2D eigenvalue weighted by Crippen LogP contribution is 2.40.